The van der Waals surface area contributed by atoms with Crippen molar-refractivity contribution in [1.29, 1.82) is 0 Å². The molecule has 0 aliphatic rings. The van der Waals surface area contributed by atoms with Crippen LogP contribution in [0.5, 0.6) is 5.75 Å². The molecule has 1 rings (SSSR count). The first-order valence-electron chi connectivity index (χ1n) is 5.96. The van der Waals surface area contributed by atoms with E-state index in [1.54, 1.807) is 18.2 Å². The van der Waals surface area contributed by atoms with Crippen molar-refractivity contribution in [3.8, 4) is 17.6 Å². The predicted octanol–water partition coefficient (Wildman–Crippen LogP) is 2.47. The second-order valence-electron chi connectivity index (χ2n) is 3.95. The molecular weight excluding hydrogens is 271 g/mol. The van der Waals surface area contributed by atoms with Gasteiger partial charge < -0.3 is 15.2 Å². The van der Waals surface area contributed by atoms with Crippen LogP contribution in [0, 0.1) is 11.8 Å². The lowest BCUT2D eigenvalue weighted by Gasteiger charge is -2.10. The first kappa shape index (κ1) is 16.3. The first-order chi connectivity index (χ1) is 9.46. The van der Waals surface area contributed by atoms with Gasteiger partial charge in [-0.3, -0.25) is 0 Å². The van der Waals surface area contributed by atoms with Gasteiger partial charge in [-0.1, -0.05) is 11.8 Å². The molecule has 0 saturated carbocycles. The number of nitrogens with two attached hydrogens (primary N) is 1. The van der Waals surface area contributed by atoms with E-state index in [0.29, 0.717) is 16.9 Å². The van der Waals surface area contributed by atoms with Crippen molar-refractivity contribution < 1.29 is 22.6 Å². The summed E-state index contributed by atoms with van der Waals surface area (Å²) in [6.07, 6.45) is -5.18. The van der Waals surface area contributed by atoms with Gasteiger partial charge in [-0.25, -0.2) is 0 Å². The van der Waals surface area contributed by atoms with Gasteiger partial charge in [0.1, 0.15) is 5.75 Å². The SMILES string of the molecule is COc1ccc(C#CCN)c(COCCC(F)(F)F)c1. The molecule has 0 aromatic heterocycles. The molecule has 0 aliphatic carbocycles. The molecule has 2 N–H and O–H groups in total. The lowest BCUT2D eigenvalue weighted by Crippen LogP contribution is -2.11. The van der Waals surface area contributed by atoms with Crippen molar-refractivity contribution in [3.63, 3.8) is 0 Å². The third-order valence-corrected chi connectivity index (χ3v) is 2.42. The Bertz CT molecular complexity index is 489. The number of ether oxygens (including phenoxy) is 2. The molecule has 0 fully saturated rings. The molecular formula is C14H16F3NO2. The zero-order valence-electron chi connectivity index (χ0n) is 11.1. The van der Waals surface area contributed by atoms with Gasteiger partial charge in [0.25, 0.3) is 0 Å². The van der Waals surface area contributed by atoms with Crippen molar-refractivity contribution in [2.75, 3.05) is 20.3 Å². The number of benzene rings is 1. The Morgan fingerprint density at radius 3 is 2.65 bits per heavy atom. The predicted molar refractivity (Wildman–Crippen MR) is 69.3 cm³/mol. The molecule has 20 heavy (non-hydrogen) atoms. The van der Waals surface area contributed by atoms with Crippen LogP contribution in [0.4, 0.5) is 13.2 Å². The number of hydrogen-bond acceptors (Lipinski definition) is 3. The van der Waals surface area contributed by atoms with Crippen molar-refractivity contribution in [3.05, 3.63) is 29.3 Å². The Balaban J connectivity index is 2.70. The van der Waals surface area contributed by atoms with E-state index in [-0.39, 0.29) is 19.8 Å². The van der Waals surface area contributed by atoms with Crippen molar-refractivity contribution >= 4 is 0 Å². The summed E-state index contributed by atoms with van der Waals surface area (Å²) in [5, 5.41) is 0. The van der Waals surface area contributed by atoms with Gasteiger partial charge in [-0.15, -0.1) is 0 Å². The van der Waals surface area contributed by atoms with Crippen LogP contribution in [0.1, 0.15) is 17.5 Å². The summed E-state index contributed by atoms with van der Waals surface area (Å²) in [6.45, 7) is -0.132. The lowest BCUT2D eigenvalue weighted by molar-refractivity contribution is -0.146. The van der Waals surface area contributed by atoms with E-state index in [9.17, 15) is 13.2 Å². The fraction of sp³-hybridized carbons (Fsp3) is 0.429. The summed E-state index contributed by atoms with van der Waals surface area (Å²) in [7, 11) is 1.51. The second-order valence-corrected chi connectivity index (χ2v) is 3.95. The zero-order chi connectivity index (χ0) is 15.0. The number of halogens is 3. The Hall–Kier alpha value is -1.71. The summed E-state index contributed by atoms with van der Waals surface area (Å²) in [5.41, 5.74) is 6.64. The molecule has 0 bridgehead atoms. The first-order valence-corrected chi connectivity index (χ1v) is 5.96. The number of methoxy groups -OCH3 is 1. The Labute approximate surface area is 115 Å². The van der Waals surface area contributed by atoms with Gasteiger partial charge in [0.2, 0.25) is 0 Å². The number of hydrogen-bond donors (Lipinski definition) is 1. The van der Waals surface area contributed by atoms with E-state index in [4.69, 9.17) is 15.2 Å². The molecule has 0 spiro atoms. The van der Waals surface area contributed by atoms with Crippen LogP contribution in [0.2, 0.25) is 0 Å². The lowest BCUT2D eigenvalue weighted by atomic mass is 10.1. The minimum Gasteiger partial charge on any atom is -0.497 e. The third-order valence-electron chi connectivity index (χ3n) is 2.42. The Morgan fingerprint density at radius 2 is 2.05 bits per heavy atom. The molecule has 0 amide bonds. The van der Waals surface area contributed by atoms with Crippen LogP contribution in [0.25, 0.3) is 0 Å². The molecule has 6 heteroatoms. The van der Waals surface area contributed by atoms with Crippen LogP contribution in [0.15, 0.2) is 18.2 Å². The van der Waals surface area contributed by atoms with Gasteiger partial charge in [0.15, 0.2) is 0 Å². The molecule has 0 aliphatic heterocycles. The summed E-state index contributed by atoms with van der Waals surface area (Å²) in [5.74, 6) is 6.14. The normalized spacial score (nSPS) is 10.8. The van der Waals surface area contributed by atoms with Gasteiger partial charge in [0, 0.05) is 5.56 Å². The van der Waals surface area contributed by atoms with Crippen LogP contribution in [0.3, 0.4) is 0 Å². The highest BCUT2D eigenvalue weighted by Crippen LogP contribution is 2.21. The largest absolute Gasteiger partial charge is 0.497 e. The zero-order valence-corrected chi connectivity index (χ0v) is 11.1. The van der Waals surface area contributed by atoms with Crippen molar-refractivity contribution in [2.45, 2.75) is 19.2 Å². The smallest absolute Gasteiger partial charge is 0.391 e. The molecule has 1 aromatic carbocycles. The molecule has 3 nitrogen and oxygen atoms in total. The summed E-state index contributed by atoms with van der Waals surface area (Å²) in [4.78, 5) is 0. The standard InChI is InChI=1S/C14H16F3NO2/c1-19-13-5-4-11(3-2-7-18)12(9-13)10-20-8-6-14(15,16)17/h4-5,9H,6-8,10,18H2,1H3. The maximum absolute atomic E-state index is 12.0. The second kappa shape index (κ2) is 7.78. The van der Waals surface area contributed by atoms with Gasteiger partial charge >= 0.3 is 6.18 Å². The summed E-state index contributed by atoms with van der Waals surface area (Å²) in [6, 6.07) is 5.14. The maximum atomic E-state index is 12.0. The number of rotatable bonds is 5. The minimum atomic E-state index is -4.21. The van der Waals surface area contributed by atoms with E-state index in [0.717, 1.165) is 0 Å². The van der Waals surface area contributed by atoms with Crippen LogP contribution < -0.4 is 10.5 Å². The molecule has 0 unspecified atom stereocenters. The van der Waals surface area contributed by atoms with E-state index in [2.05, 4.69) is 11.8 Å². The molecule has 0 saturated heterocycles. The molecule has 0 atom stereocenters. The van der Waals surface area contributed by atoms with Gasteiger partial charge in [0.05, 0.1) is 33.3 Å². The molecule has 110 valence electrons. The average Bonchev–Trinajstić information content (AvgIpc) is 2.40. The van der Waals surface area contributed by atoms with Crippen molar-refractivity contribution in [2.24, 2.45) is 5.73 Å². The fourth-order valence-electron chi connectivity index (χ4n) is 1.45. The van der Waals surface area contributed by atoms with Crippen LogP contribution >= 0.6 is 0 Å². The third kappa shape index (κ3) is 5.95. The molecule has 0 radical (unpaired) electrons. The Morgan fingerprint density at radius 1 is 1.30 bits per heavy atom. The molecule has 1 aromatic rings. The van der Waals surface area contributed by atoms with Crippen molar-refractivity contribution in [1.82, 2.24) is 0 Å². The number of alkyl halides is 3. The minimum absolute atomic E-state index is 0.0435. The average molecular weight is 287 g/mol. The van der Waals surface area contributed by atoms with Crippen LogP contribution in [-0.2, 0) is 11.3 Å². The topological polar surface area (TPSA) is 44.5 Å². The highest BCUT2D eigenvalue weighted by atomic mass is 19.4. The van der Waals surface area contributed by atoms with E-state index in [1.807, 2.05) is 0 Å². The fourth-order valence-corrected chi connectivity index (χ4v) is 1.45. The highest BCUT2D eigenvalue weighted by molar-refractivity contribution is 5.45. The highest BCUT2D eigenvalue weighted by Gasteiger charge is 2.26. The summed E-state index contributed by atoms with van der Waals surface area (Å²) < 4.78 is 46.1. The van der Waals surface area contributed by atoms with E-state index >= 15 is 0 Å². The van der Waals surface area contributed by atoms with Crippen LogP contribution in [-0.4, -0.2) is 26.4 Å². The monoisotopic (exact) mass is 287 g/mol. The maximum Gasteiger partial charge on any atom is 0.391 e. The Kier molecular flexibility index (Phi) is 6.36. The quantitative estimate of drug-likeness (QED) is 0.668. The van der Waals surface area contributed by atoms with E-state index in [1.165, 1.54) is 7.11 Å². The van der Waals surface area contributed by atoms with Gasteiger partial charge in [-0.2, -0.15) is 13.2 Å². The van der Waals surface area contributed by atoms with E-state index < -0.39 is 12.6 Å². The summed E-state index contributed by atoms with van der Waals surface area (Å²) >= 11 is 0. The molecule has 0 heterocycles. The van der Waals surface area contributed by atoms with Gasteiger partial charge in [-0.05, 0) is 23.8 Å².